The number of piperidine rings is 1. The summed E-state index contributed by atoms with van der Waals surface area (Å²) in [5.41, 5.74) is 12.6. The summed E-state index contributed by atoms with van der Waals surface area (Å²) in [5, 5.41) is 0. The lowest BCUT2D eigenvalue weighted by Crippen LogP contribution is -2.39. The first kappa shape index (κ1) is 14.5. The number of benzene rings is 2. The Labute approximate surface area is 138 Å². The lowest BCUT2D eigenvalue weighted by atomic mass is 9.67. The molecule has 4 rings (SSSR count). The SMILES string of the molecule is CN1CCC2(C=C(c3ccc(N)cc3)c3ccccc3C2)CC1. The van der Waals surface area contributed by atoms with Crippen molar-refractivity contribution < 1.29 is 0 Å². The molecule has 0 radical (unpaired) electrons. The van der Waals surface area contributed by atoms with Crippen LogP contribution >= 0.6 is 0 Å². The second kappa shape index (κ2) is 5.54. The Morgan fingerprint density at radius 3 is 2.39 bits per heavy atom. The third-order valence-corrected chi connectivity index (χ3v) is 5.51. The predicted molar refractivity (Wildman–Crippen MR) is 97.2 cm³/mol. The van der Waals surface area contributed by atoms with Gasteiger partial charge in [0.25, 0.3) is 0 Å². The first-order valence-electron chi connectivity index (χ1n) is 8.51. The zero-order valence-electron chi connectivity index (χ0n) is 13.8. The maximum absolute atomic E-state index is 5.88. The maximum atomic E-state index is 5.88. The molecule has 118 valence electrons. The Hall–Kier alpha value is -2.06. The Balaban J connectivity index is 1.82. The fourth-order valence-electron chi connectivity index (χ4n) is 4.04. The first-order valence-corrected chi connectivity index (χ1v) is 8.51. The summed E-state index contributed by atoms with van der Waals surface area (Å²) in [5.74, 6) is 0. The van der Waals surface area contributed by atoms with Crippen LogP contribution in [-0.2, 0) is 6.42 Å². The average Bonchev–Trinajstić information content (AvgIpc) is 2.58. The summed E-state index contributed by atoms with van der Waals surface area (Å²) in [6.07, 6.45) is 6.23. The van der Waals surface area contributed by atoms with Gasteiger partial charge < -0.3 is 10.6 Å². The molecule has 2 heteroatoms. The molecule has 1 saturated heterocycles. The van der Waals surface area contributed by atoms with Gasteiger partial charge in [0.2, 0.25) is 0 Å². The van der Waals surface area contributed by atoms with Crippen LogP contribution in [0.3, 0.4) is 0 Å². The van der Waals surface area contributed by atoms with Crippen LogP contribution in [0.5, 0.6) is 0 Å². The normalized spacial score (nSPS) is 20.1. The van der Waals surface area contributed by atoms with E-state index in [1.807, 2.05) is 12.1 Å². The number of nitrogens with zero attached hydrogens (tertiary/aromatic N) is 1. The third-order valence-electron chi connectivity index (χ3n) is 5.51. The minimum atomic E-state index is 0.317. The van der Waals surface area contributed by atoms with E-state index in [9.17, 15) is 0 Å². The molecule has 0 amide bonds. The van der Waals surface area contributed by atoms with Crippen LogP contribution in [0.15, 0.2) is 54.6 Å². The van der Waals surface area contributed by atoms with Crippen molar-refractivity contribution in [2.75, 3.05) is 25.9 Å². The quantitative estimate of drug-likeness (QED) is 0.808. The van der Waals surface area contributed by atoms with Crippen molar-refractivity contribution in [3.8, 4) is 0 Å². The Morgan fingerprint density at radius 1 is 0.957 bits per heavy atom. The minimum Gasteiger partial charge on any atom is -0.399 e. The van der Waals surface area contributed by atoms with Gasteiger partial charge in [0.05, 0.1) is 0 Å². The van der Waals surface area contributed by atoms with Gasteiger partial charge in [-0.2, -0.15) is 0 Å². The molecule has 1 spiro atoms. The van der Waals surface area contributed by atoms with Gasteiger partial charge in [-0.15, -0.1) is 0 Å². The highest BCUT2D eigenvalue weighted by Crippen LogP contribution is 2.45. The molecule has 2 aromatic carbocycles. The number of anilines is 1. The van der Waals surface area contributed by atoms with Gasteiger partial charge in [-0.25, -0.2) is 0 Å². The second-order valence-electron chi connectivity index (χ2n) is 7.18. The zero-order valence-corrected chi connectivity index (χ0v) is 13.8. The highest BCUT2D eigenvalue weighted by atomic mass is 15.1. The van der Waals surface area contributed by atoms with Crippen molar-refractivity contribution in [2.24, 2.45) is 5.41 Å². The highest BCUT2D eigenvalue weighted by molar-refractivity contribution is 5.83. The van der Waals surface area contributed by atoms with E-state index < -0.39 is 0 Å². The summed E-state index contributed by atoms with van der Waals surface area (Å²) in [6, 6.07) is 17.2. The Kier molecular flexibility index (Phi) is 3.50. The van der Waals surface area contributed by atoms with Crippen LogP contribution in [0, 0.1) is 5.41 Å². The van der Waals surface area contributed by atoms with Crippen LogP contribution in [0.1, 0.15) is 29.5 Å². The number of likely N-dealkylation sites (tertiary alicyclic amines) is 1. The highest BCUT2D eigenvalue weighted by Gasteiger charge is 2.36. The molecule has 23 heavy (non-hydrogen) atoms. The van der Waals surface area contributed by atoms with Crippen LogP contribution in [0.25, 0.3) is 5.57 Å². The van der Waals surface area contributed by atoms with Crippen LogP contribution in [0.2, 0.25) is 0 Å². The van der Waals surface area contributed by atoms with Crippen molar-refractivity contribution in [2.45, 2.75) is 19.3 Å². The smallest absolute Gasteiger partial charge is 0.0314 e. The largest absolute Gasteiger partial charge is 0.399 e. The van der Waals surface area contributed by atoms with E-state index in [2.05, 4.69) is 54.4 Å². The molecule has 0 unspecified atom stereocenters. The Bertz CT molecular complexity index is 735. The lowest BCUT2D eigenvalue weighted by Gasteiger charge is -2.42. The molecule has 2 aromatic rings. The molecule has 0 atom stereocenters. The number of hydrogen-bond acceptors (Lipinski definition) is 2. The van der Waals surface area contributed by atoms with Gasteiger partial charge in [0.15, 0.2) is 0 Å². The van der Waals surface area contributed by atoms with Crippen LogP contribution in [-0.4, -0.2) is 25.0 Å². The van der Waals surface area contributed by atoms with E-state index in [1.54, 1.807) is 0 Å². The van der Waals surface area contributed by atoms with Gasteiger partial charge >= 0.3 is 0 Å². The third kappa shape index (κ3) is 2.68. The van der Waals surface area contributed by atoms with Crippen molar-refractivity contribution in [3.63, 3.8) is 0 Å². The number of fused-ring (bicyclic) bond motifs is 1. The summed E-state index contributed by atoms with van der Waals surface area (Å²) < 4.78 is 0. The van der Waals surface area contributed by atoms with Gasteiger partial charge in [0.1, 0.15) is 0 Å². The molecular weight excluding hydrogens is 280 g/mol. The van der Waals surface area contributed by atoms with E-state index in [0.29, 0.717) is 5.41 Å². The standard InChI is InChI=1S/C21H24N2/c1-23-12-10-21(11-13-23)14-17-4-2-3-5-19(17)20(15-21)16-6-8-18(22)9-7-16/h2-9,15H,10-14,22H2,1H3. The van der Waals surface area contributed by atoms with Crippen molar-refractivity contribution in [3.05, 3.63) is 71.3 Å². The fraction of sp³-hybridized carbons (Fsp3) is 0.333. The topological polar surface area (TPSA) is 29.3 Å². The molecule has 1 fully saturated rings. The molecule has 2 nitrogen and oxygen atoms in total. The Morgan fingerprint density at radius 2 is 1.65 bits per heavy atom. The molecule has 0 bridgehead atoms. The van der Waals surface area contributed by atoms with Gasteiger partial charge in [-0.1, -0.05) is 42.5 Å². The number of nitrogen functional groups attached to an aromatic ring is 1. The number of allylic oxidation sites excluding steroid dienone is 1. The summed E-state index contributed by atoms with van der Waals surface area (Å²) in [7, 11) is 2.23. The average molecular weight is 304 g/mol. The van der Waals surface area contributed by atoms with Crippen molar-refractivity contribution in [1.29, 1.82) is 0 Å². The minimum absolute atomic E-state index is 0.317. The fourth-order valence-corrected chi connectivity index (χ4v) is 4.04. The number of nitrogens with two attached hydrogens (primary N) is 1. The molecule has 1 aliphatic carbocycles. The first-order chi connectivity index (χ1) is 11.2. The molecule has 0 aromatic heterocycles. The van der Waals surface area contributed by atoms with Crippen molar-refractivity contribution >= 4 is 11.3 Å². The summed E-state index contributed by atoms with van der Waals surface area (Å²) in [6.45, 7) is 2.38. The monoisotopic (exact) mass is 304 g/mol. The van der Waals surface area contributed by atoms with Gasteiger partial charge in [-0.3, -0.25) is 0 Å². The second-order valence-corrected chi connectivity index (χ2v) is 7.18. The van der Waals surface area contributed by atoms with E-state index in [0.717, 1.165) is 5.69 Å². The van der Waals surface area contributed by atoms with Gasteiger partial charge in [-0.05, 0) is 79.2 Å². The predicted octanol–water partition coefficient (Wildman–Crippen LogP) is 3.97. The number of hydrogen-bond donors (Lipinski definition) is 1. The molecule has 2 N–H and O–H groups in total. The molecule has 1 aliphatic heterocycles. The molecule has 0 saturated carbocycles. The molecule has 1 heterocycles. The molecule has 2 aliphatic rings. The van der Waals surface area contributed by atoms with E-state index >= 15 is 0 Å². The lowest BCUT2D eigenvalue weighted by molar-refractivity contribution is 0.163. The summed E-state index contributed by atoms with van der Waals surface area (Å²) in [4.78, 5) is 2.45. The maximum Gasteiger partial charge on any atom is 0.0314 e. The van der Waals surface area contributed by atoms with Gasteiger partial charge in [0, 0.05) is 5.69 Å². The summed E-state index contributed by atoms with van der Waals surface area (Å²) >= 11 is 0. The van der Waals surface area contributed by atoms with Crippen LogP contribution < -0.4 is 5.73 Å². The number of rotatable bonds is 1. The van der Waals surface area contributed by atoms with Crippen LogP contribution in [0.4, 0.5) is 5.69 Å². The van der Waals surface area contributed by atoms with Crippen molar-refractivity contribution in [1.82, 2.24) is 4.90 Å². The molecular formula is C21H24N2. The van der Waals surface area contributed by atoms with E-state index in [-0.39, 0.29) is 0 Å². The van der Waals surface area contributed by atoms with E-state index in [1.165, 1.54) is 54.6 Å². The zero-order chi connectivity index (χ0) is 15.9. The van der Waals surface area contributed by atoms with E-state index in [4.69, 9.17) is 5.73 Å².